The minimum atomic E-state index is 0.0602. The Kier molecular flexibility index (Phi) is 2.96. The third-order valence-corrected chi connectivity index (χ3v) is 3.80. The topological polar surface area (TPSA) is 44.4 Å². The molecule has 1 saturated heterocycles. The highest BCUT2D eigenvalue weighted by Crippen LogP contribution is 2.23. The van der Waals surface area contributed by atoms with Crippen LogP contribution in [0, 0.1) is 0 Å². The summed E-state index contributed by atoms with van der Waals surface area (Å²) in [7, 11) is 2.09. The van der Waals surface area contributed by atoms with Gasteiger partial charge in [-0.1, -0.05) is 0 Å². The smallest absolute Gasteiger partial charge is 0.251 e. The average Bonchev–Trinajstić information content (AvgIpc) is 2.96. The molecule has 1 amide bonds. The fourth-order valence-electron chi connectivity index (χ4n) is 2.77. The third kappa shape index (κ3) is 2.20. The fraction of sp³-hybridized carbons (Fsp3) is 0.500. The van der Waals surface area contributed by atoms with Crippen molar-refractivity contribution in [2.24, 2.45) is 0 Å². The summed E-state index contributed by atoms with van der Waals surface area (Å²) in [4.78, 5) is 14.4. The van der Waals surface area contributed by atoms with Gasteiger partial charge in [0.2, 0.25) is 0 Å². The molecule has 1 aromatic rings. The van der Waals surface area contributed by atoms with E-state index >= 15 is 0 Å². The number of hydrogen-bond donors (Lipinski definition) is 2. The molecule has 1 aromatic carbocycles. The number of benzene rings is 1. The molecule has 3 rings (SSSR count). The van der Waals surface area contributed by atoms with Crippen molar-refractivity contribution in [3.8, 4) is 0 Å². The lowest BCUT2D eigenvalue weighted by Crippen LogP contribution is -2.36. The minimum absolute atomic E-state index is 0.0602. The van der Waals surface area contributed by atoms with Gasteiger partial charge in [-0.15, -0.1) is 0 Å². The number of nitrogens with zero attached hydrogens (tertiary/aromatic N) is 1. The van der Waals surface area contributed by atoms with Crippen LogP contribution in [-0.2, 0) is 6.42 Å². The zero-order valence-electron chi connectivity index (χ0n) is 10.7. The monoisotopic (exact) mass is 245 g/mol. The summed E-state index contributed by atoms with van der Waals surface area (Å²) in [5, 5.41) is 6.42. The van der Waals surface area contributed by atoms with Crippen LogP contribution in [0.1, 0.15) is 22.3 Å². The summed E-state index contributed by atoms with van der Waals surface area (Å²) in [5.41, 5.74) is 3.21. The molecule has 2 aliphatic heterocycles. The number of likely N-dealkylation sites (tertiary alicyclic amines) is 1. The highest BCUT2D eigenvalue weighted by Gasteiger charge is 2.22. The zero-order chi connectivity index (χ0) is 12.5. The first-order valence-corrected chi connectivity index (χ1v) is 6.58. The number of nitrogens with one attached hydrogen (secondary N) is 2. The molecule has 0 bridgehead atoms. The Balaban J connectivity index is 1.69. The van der Waals surface area contributed by atoms with Crippen LogP contribution in [0.15, 0.2) is 18.2 Å². The van der Waals surface area contributed by atoms with E-state index in [1.165, 1.54) is 11.3 Å². The van der Waals surface area contributed by atoms with Gasteiger partial charge in [0.05, 0.1) is 0 Å². The second-order valence-electron chi connectivity index (χ2n) is 5.27. The van der Waals surface area contributed by atoms with Crippen molar-refractivity contribution >= 4 is 11.6 Å². The molecule has 4 heteroatoms. The van der Waals surface area contributed by atoms with Crippen molar-refractivity contribution in [1.82, 2.24) is 10.2 Å². The maximum atomic E-state index is 12.2. The third-order valence-electron chi connectivity index (χ3n) is 3.80. The van der Waals surface area contributed by atoms with Crippen molar-refractivity contribution in [2.45, 2.75) is 18.9 Å². The van der Waals surface area contributed by atoms with Gasteiger partial charge in [-0.05, 0) is 50.2 Å². The largest absolute Gasteiger partial charge is 0.384 e. The summed E-state index contributed by atoms with van der Waals surface area (Å²) in [6.45, 7) is 3.01. The van der Waals surface area contributed by atoms with Crippen molar-refractivity contribution in [3.63, 3.8) is 0 Å². The molecule has 0 radical (unpaired) electrons. The summed E-state index contributed by atoms with van der Waals surface area (Å²) in [6, 6.07) is 6.24. The summed E-state index contributed by atoms with van der Waals surface area (Å²) in [6.07, 6.45) is 2.07. The predicted octanol–water partition coefficient (Wildman–Crippen LogP) is 1.09. The Hall–Kier alpha value is -1.55. The summed E-state index contributed by atoms with van der Waals surface area (Å²) >= 11 is 0. The van der Waals surface area contributed by atoms with Crippen LogP contribution in [0.5, 0.6) is 0 Å². The molecular formula is C14H19N3O. The van der Waals surface area contributed by atoms with Crippen LogP contribution in [0.25, 0.3) is 0 Å². The molecule has 0 spiro atoms. The molecule has 0 aromatic heterocycles. The maximum absolute atomic E-state index is 12.2. The van der Waals surface area contributed by atoms with E-state index in [-0.39, 0.29) is 5.91 Å². The Morgan fingerprint density at radius 1 is 1.50 bits per heavy atom. The Bertz CT molecular complexity index is 472. The lowest BCUT2D eigenvalue weighted by molar-refractivity contribution is 0.0938. The standard InChI is InChI=1S/C14H19N3O/c1-17-7-5-12(9-17)16-14(18)11-2-3-13-10(8-11)4-6-15-13/h2-3,8,12,15H,4-7,9H2,1H3,(H,16,18). The van der Waals surface area contributed by atoms with Crippen LogP contribution in [0.3, 0.4) is 0 Å². The van der Waals surface area contributed by atoms with E-state index in [1.54, 1.807) is 0 Å². The van der Waals surface area contributed by atoms with Gasteiger partial charge >= 0.3 is 0 Å². The van der Waals surface area contributed by atoms with E-state index in [2.05, 4.69) is 22.6 Å². The number of likely N-dealkylation sites (N-methyl/N-ethyl adjacent to an activating group) is 1. The van der Waals surface area contributed by atoms with E-state index in [9.17, 15) is 4.79 Å². The molecule has 2 N–H and O–H groups in total. The lowest BCUT2D eigenvalue weighted by atomic mass is 10.1. The zero-order valence-corrected chi connectivity index (χ0v) is 10.7. The summed E-state index contributed by atoms with van der Waals surface area (Å²) in [5.74, 6) is 0.0602. The fourth-order valence-corrected chi connectivity index (χ4v) is 2.77. The molecule has 18 heavy (non-hydrogen) atoms. The van der Waals surface area contributed by atoms with Crippen molar-refractivity contribution in [2.75, 3.05) is 32.0 Å². The van der Waals surface area contributed by atoms with Gasteiger partial charge in [0.15, 0.2) is 0 Å². The van der Waals surface area contributed by atoms with Crippen molar-refractivity contribution < 1.29 is 4.79 Å². The van der Waals surface area contributed by atoms with E-state index < -0.39 is 0 Å². The molecule has 1 atom stereocenters. The molecule has 96 valence electrons. The first-order chi connectivity index (χ1) is 8.72. The highest BCUT2D eigenvalue weighted by atomic mass is 16.1. The molecule has 0 saturated carbocycles. The normalized spacial score (nSPS) is 22.6. The first-order valence-electron chi connectivity index (χ1n) is 6.58. The second kappa shape index (κ2) is 4.61. The van der Waals surface area contributed by atoms with Gasteiger partial charge < -0.3 is 15.5 Å². The van der Waals surface area contributed by atoms with Gasteiger partial charge in [-0.25, -0.2) is 0 Å². The van der Waals surface area contributed by atoms with Crippen LogP contribution in [-0.4, -0.2) is 43.5 Å². The summed E-state index contributed by atoms with van der Waals surface area (Å²) < 4.78 is 0. The molecule has 1 fully saturated rings. The van der Waals surface area contributed by atoms with E-state index in [1.807, 2.05) is 18.2 Å². The van der Waals surface area contributed by atoms with E-state index in [0.29, 0.717) is 6.04 Å². The number of amides is 1. The number of fused-ring (bicyclic) bond motifs is 1. The van der Waals surface area contributed by atoms with E-state index in [4.69, 9.17) is 0 Å². The van der Waals surface area contributed by atoms with E-state index in [0.717, 1.165) is 38.0 Å². The number of carbonyl (C=O) groups excluding carboxylic acids is 1. The molecular weight excluding hydrogens is 226 g/mol. The minimum Gasteiger partial charge on any atom is -0.384 e. The Morgan fingerprint density at radius 3 is 3.17 bits per heavy atom. The van der Waals surface area contributed by atoms with Crippen LogP contribution < -0.4 is 10.6 Å². The lowest BCUT2D eigenvalue weighted by Gasteiger charge is -2.13. The molecule has 2 heterocycles. The predicted molar refractivity (Wildman–Crippen MR) is 72.0 cm³/mol. The maximum Gasteiger partial charge on any atom is 0.251 e. The highest BCUT2D eigenvalue weighted by molar-refractivity contribution is 5.95. The van der Waals surface area contributed by atoms with Gasteiger partial charge in [-0.2, -0.15) is 0 Å². The van der Waals surface area contributed by atoms with Crippen LogP contribution >= 0.6 is 0 Å². The Morgan fingerprint density at radius 2 is 2.39 bits per heavy atom. The molecule has 1 unspecified atom stereocenters. The SMILES string of the molecule is CN1CCC(NC(=O)c2ccc3c(c2)CCN3)C1. The van der Waals surface area contributed by atoms with Crippen molar-refractivity contribution in [1.29, 1.82) is 0 Å². The van der Waals surface area contributed by atoms with Gasteiger partial charge in [-0.3, -0.25) is 4.79 Å². The van der Waals surface area contributed by atoms with Crippen LogP contribution in [0.4, 0.5) is 5.69 Å². The average molecular weight is 245 g/mol. The van der Waals surface area contributed by atoms with Crippen LogP contribution in [0.2, 0.25) is 0 Å². The molecule has 0 aliphatic carbocycles. The number of rotatable bonds is 2. The number of hydrogen-bond acceptors (Lipinski definition) is 3. The Labute approximate surface area is 107 Å². The van der Waals surface area contributed by atoms with Gasteiger partial charge in [0.1, 0.15) is 0 Å². The second-order valence-corrected chi connectivity index (χ2v) is 5.27. The first kappa shape index (κ1) is 11.5. The quantitative estimate of drug-likeness (QED) is 0.820. The van der Waals surface area contributed by atoms with Gasteiger partial charge in [0, 0.05) is 30.4 Å². The van der Waals surface area contributed by atoms with Crippen molar-refractivity contribution in [3.05, 3.63) is 29.3 Å². The molecule has 4 nitrogen and oxygen atoms in total. The number of carbonyl (C=O) groups is 1. The molecule has 2 aliphatic rings. The number of anilines is 1. The van der Waals surface area contributed by atoms with Gasteiger partial charge in [0.25, 0.3) is 5.91 Å².